The van der Waals surface area contributed by atoms with Crippen molar-refractivity contribution in [2.45, 2.75) is 6.54 Å². The minimum absolute atomic E-state index is 0.0833. The van der Waals surface area contributed by atoms with Gasteiger partial charge in [0, 0.05) is 6.54 Å². The van der Waals surface area contributed by atoms with Gasteiger partial charge in [-0.3, -0.25) is 19.7 Å². The van der Waals surface area contributed by atoms with E-state index in [1.807, 2.05) is 30.3 Å². The molecule has 2 N–H and O–H groups in total. The lowest BCUT2D eigenvalue weighted by Gasteiger charge is -2.08. The average molecular weight is 368 g/mol. The van der Waals surface area contributed by atoms with Gasteiger partial charge in [-0.25, -0.2) is 0 Å². The fourth-order valence-electron chi connectivity index (χ4n) is 2.23. The molecule has 0 spiro atoms. The van der Waals surface area contributed by atoms with Crippen LogP contribution in [-0.4, -0.2) is 23.7 Å². The van der Waals surface area contributed by atoms with Gasteiger partial charge in [0.1, 0.15) is 5.75 Å². The van der Waals surface area contributed by atoms with E-state index >= 15 is 0 Å². The van der Waals surface area contributed by atoms with Crippen molar-refractivity contribution < 1.29 is 19.1 Å². The highest BCUT2D eigenvalue weighted by Crippen LogP contribution is 2.26. The van der Waals surface area contributed by atoms with E-state index in [1.54, 1.807) is 30.3 Å². The van der Waals surface area contributed by atoms with Crippen molar-refractivity contribution in [3.63, 3.8) is 0 Å². The lowest BCUT2D eigenvalue weighted by molar-refractivity contribution is -0.123. The summed E-state index contributed by atoms with van der Waals surface area (Å²) in [6.07, 6.45) is 1.63. The Bertz CT molecular complexity index is 848. The van der Waals surface area contributed by atoms with Crippen LogP contribution in [0, 0.1) is 0 Å². The predicted molar refractivity (Wildman–Crippen MR) is 99.3 cm³/mol. The van der Waals surface area contributed by atoms with Gasteiger partial charge in [0.15, 0.2) is 6.61 Å². The molecule has 3 rings (SSSR count). The van der Waals surface area contributed by atoms with Crippen LogP contribution in [0.25, 0.3) is 6.08 Å². The fourth-order valence-corrected chi connectivity index (χ4v) is 2.91. The van der Waals surface area contributed by atoms with Gasteiger partial charge in [-0.15, -0.1) is 0 Å². The van der Waals surface area contributed by atoms with Crippen LogP contribution in [0.3, 0.4) is 0 Å². The molecule has 3 amide bonds. The van der Waals surface area contributed by atoms with Gasteiger partial charge < -0.3 is 10.1 Å². The normalized spacial score (nSPS) is 15.0. The molecule has 0 atom stereocenters. The number of benzene rings is 2. The quantitative estimate of drug-likeness (QED) is 0.766. The molecule has 0 saturated carbocycles. The Balaban J connectivity index is 1.48. The zero-order valence-electron chi connectivity index (χ0n) is 13.7. The number of amides is 3. The van der Waals surface area contributed by atoms with Crippen LogP contribution in [0.2, 0.25) is 0 Å². The second-order valence-electron chi connectivity index (χ2n) is 5.47. The number of nitrogens with one attached hydrogen (secondary N) is 2. The molecule has 0 unspecified atom stereocenters. The average Bonchev–Trinajstić information content (AvgIpc) is 2.97. The number of imide groups is 1. The van der Waals surface area contributed by atoms with Crippen LogP contribution in [-0.2, 0) is 16.1 Å². The molecule has 2 aromatic carbocycles. The first-order chi connectivity index (χ1) is 12.6. The van der Waals surface area contributed by atoms with Crippen molar-refractivity contribution >= 4 is 34.9 Å². The molecule has 1 fully saturated rings. The van der Waals surface area contributed by atoms with Crippen LogP contribution in [0.4, 0.5) is 4.79 Å². The summed E-state index contributed by atoms with van der Waals surface area (Å²) >= 11 is 0.868. The maximum Gasteiger partial charge on any atom is 0.290 e. The first-order valence-electron chi connectivity index (χ1n) is 7.88. The van der Waals surface area contributed by atoms with Gasteiger partial charge in [0.25, 0.3) is 17.1 Å². The Morgan fingerprint density at radius 3 is 2.46 bits per heavy atom. The molecule has 6 nitrogen and oxygen atoms in total. The summed E-state index contributed by atoms with van der Waals surface area (Å²) in [5, 5.41) is 4.62. The van der Waals surface area contributed by atoms with E-state index in [1.165, 1.54) is 0 Å². The van der Waals surface area contributed by atoms with Crippen molar-refractivity contribution in [3.8, 4) is 5.75 Å². The topological polar surface area (TPSA) is 84.5 Å². The van der Waals surface area contributed by atoms with Gasteiger partial charge in [-0.05, 0) is 41.1 Å². The van der Waals surface area contributed by atoms with E-state index < -0.39 is 5.91 Å². The third-order valence-electron chi connectivity index (χ3n) is 3.52. The number of thioether (sulfide) groups is 1. The molecule has 7 heteroatoms. The number of ether oxygens (including phenoxy) is 1. The van der Waals surface area contributed by atoms with E-state index in [0.29, 0.717) is 17.2 Å². The first kappa shape index (κ1) is 17.8. The highest BCUT2D eigenvalue weighted by molar-refractivity contribution is 8.18. The molecular formula is C19H16N2O4S. The zero-order chi connectivity index (χ0) is 18.4. The summed E-state index contributed by atoms with van der Waals surface area (Å²) in [7, 11) is 0. The predicted octanol–water partition coefficient (Wildman–Crippen LogP) is 2.71. The minimum Gasteiger partial charge on any atom is -0.484 e. The number of carbonyl (C=O) groups is 3. The molecule has 1 aliphatic rings. The summed E-state index contributed by atoms with van der Waals surface area (Å²) in [6, 6.07) is 16.5. The summed E-state index contributed by atoms with van der Waals surface area (Å²) in [6.45, 7) is 0.369. The molecule has 132 valence electrons. The summed E-state index contributed by atoms with van der Waals surface area (Å²) in [4.78, 5) is 34.8. The molecule has 0 aromatic heterocycles. The molecule has 0 radical (unpaired) electrons. The molecule has 0 bridgehead atoms. The van der Waals surface area contributed by atoms with Crippen molar-refractivity contribution in [3.05, 3.63) is 70.6 Å². The highest BCUT2D eigenvalue weighted by Gasteiger charge is 2.24. The summed E-state index contributed by atoms with van der Waals surface area (Å²) in [5.41, 5.74) is 1.78. The van der Waals surface area contributed by atoms with Gasteiger partial charge >= 0.3 is 0 Å². The van der Waals surface area contributed by atoms with Gasteiger partial charge in [0.05, 0.1) is 4.91 Å². The number of rotatable bonds is 6. The largest absolute Gasteiger partial charge is 0.484 e. The third kappa shape index (κ3) is 4.97. The standard InChI is InChI=1S/C19H16N2O4S/c22-17(20-11-14-4-2-1-3-5-14)12-25-15-8-6-13(7-9-15)10-16-18(23)21-19(24)26-16/h1-10H,11-12H2,(H,20,22)(H,21,23,24)/b16-10-. The Morgan fingerprint density at radius 2 is 1.81 bits per heavy atom. The Hall–Kier alpha value is -3.06. The van der Waals surface area contributed by atoms with Gasteiger partial charge in [-0.1, -0.05) is 42.5 Å². The monoisotopic (exact) mass is 368 g/mol. The van der Waals surface area contributed by atoms with E-state index in [2.05, 4.69) is 10.6 Å². The highest BCUT2D eigenvalue weighted by atomic mass is 32.2. The molecule has 1 aliphatic heterocycles. The number of hydrogen-bond acceptors (Lipinski definition) is 5. The lowest BCUT2D eigenvalue weighted by Crippen LogP contribution is -2.28. The van der Waals surface area contributed by atoms with E-state index in [9.17, 15) is 14.4 Å². The fraction of sp³-hybridized carbons (Fsp3) is 0.105. The van der Waals surface area contributed by atoms with E-state index in [0.717, 1.165) is 22.9 Å². The Morgan fingerprint density at radius 1 is 1.08 bits per heavy atom. The second-order valence-corrected chi connectivity index (χ2v) is 6.49. The molecule has 1 saturated heterocycles. The van der Waals surface area contributed by atoms with Crippen molar-refractivity contribution in [2.75, 3.05) is 6.61 Å². The van der Waals surface area contributed by atoms with Crippen molar-refractivity contribution in [1.29, 1.82) is 0 Å². The van der Waals surface area contributed by atoms with Crippen LogP contribution >= 0.6 is 11.8 Å². The smallest absolute Gasteiger partial charge is 0.290 e. The van der Waals surface area contributed by atoms with E-state index in [-0.39, 0.29) is 17.8 Å². The zero-order valence-corrected chi connectivity index (χ0v) is 14.5. The second kappa shape index (κ2) is 8.35. The minimum atomic E-state index is -0.393. The molecule has 2 aromatic rings. The van der Waals surface area contributed by atoms with Gasteiger partial charge in [-0.2, -0.15) is 0 Å². The molecule has 0 aliphatic carbocycles. The Kier molecular flexibility index (Phi) is 5.70. The Labute approximate surface area is 154 Å². The van der Waals surface area contributed by atoms with E-state index in [4.69, 9.17) is 4.74 Å². The maximum absolute atomic E-state index is 11.8. The SMILES string of the molecule is O=C(COc1ccc(/C=C2\SC(=O)NC2=O)cc1)NCc1ccccc1. The van der Waals surface area contributed by atoms with Crippen molar-refractivity contribution in [2.24, 2.45) is 0 Å². The molecular weight excluding hydrogens is 352 g/mol. The number of carbonyl (C=O) groups excluding carboxylic acids is 3. The molecule has 1 heterocycles. The van der Waals surface area contributed by atoms with Crippen molar-refractivity contribution in [1.82, 2.24) is 10.6 Å². The maximum atomic E-state index is 11.8. The molecule has 26 heavy (non-hydrogen) atoms. The summed E-state index contributed by atoms with van der Waals surface area (Å²) < 4.78 is 5.45. The van der Waals surface area contributed by atoms with Crippen LogP contribution in [0.5, 0.6) is 5.75 Å². The van der Waals surface area contributed by atoms with Gasteiger partial charge in [0.2, 0.25) is 0 Å². The van der Waals surface area contributed by atoms with Crippen LogP contribution < -0.4 is 15.4 Å². The van der Waals surface area contributed by atoms with Crippen LogP contribution in [0.15, 0.2) is 59.5 Å². The summed E-state index contributed by atoms with van der Waals surface area (Å²) in [5.74, 6) is -0.0605. The third-order valence-corrected chi connectivity index (χ3v) is 4.33. The number of hydrogen-bond donors (Lipinski definition) is 2. The lowest BCUT2D eigenvalue weighted by atomic mass is 10.2. The van der Waals surface area contributed by atoms with Crippen LogP contribution in [0.1, 0.15) is 11.1 Å². The first-order valence-corrected chi connectivity index (χ1v) is 8.70.